The standard InChI is InChI=1S/C17H21NO/c1-14(16-9-11-17(19)12-10-16)18-13-5-8-15-6-3-2-4-7-15/h2-4,6-7,9-12,14,18-19H,5,8,13H2,1H3. The van der Waals surface area contributed by atoms with Gasteiger partial charge in [0, 0.05) is 6.04 Å². The second kappa shape index (κ2) is 6.95. The van der Waals surface area contributed by atoms with Crippen LogP contribution >= 0.6 is 0 Å². The van der Waals surface area contributed by atoms with Crippen LogP contribution in [0.4, 0.5) is 0 Å². The van der Waals surface area contributed by atoms with E-state index in [0.29, 0.717) is 11.8 Å². The summed E-state index contributed by atoms with van der Waals surface area (Å²) in [6.45, 7) is 3.14. The Kier molecular flexibility index (Phi) is 4.99. The summed E-state index contributed by atoms with van der Waals surface area (Å²) in [5.41, 5.74) is 2.60. The maximum Gasteiger partial charge on any atom is 0.115 e. The second-order valence-corrected chi connectivity index (χ2v) is 4.86. The minimum absolute atomic E-state index is 0.316. The number of phenolic OH excluding ortho intramolecular Hbond substituents is 1. The predicted molar refractivity (Wildman–Crippen MR) is 79.3 cm³/mol. The summed E-state index contributed by atoms with van der Waals surface area (Å²) < 4.78 is 0. The Morgan fingerprint density at radius 3 is 2.37 bits per heavy atom. The number of rotatable bonds is 6. The van der Waals surface area contributed by atoms with Crippen molar-refractivity contribution in [3.05, 3.63) is 65.7 Å². The number of aromatic hydroxyl groups is 1. The summed E-state index contributed by atoms with van der Waals surface area (Å²) in [6.07, 6.45) is 2.24. The maximum atomic E-state index is 9.26. The van der Waals surface area contributed by atoms with Crippen molar-refractivity contribution in [3.8, 4) is 5.75 Å². The van der Waals surface area contributed by atoms with Gasteiger partial charge in [-0.25, -0.2) is 0 Å². The lowest BCUT2D eigenvalue weighted by molar-refractivity contribution is 0.474. The second-order valence-electron chi connectivity index (χ2n) is 4.86. The highest BCUT2D eigenvalue weighted by molar-refractivity contribution is 5.27. The minimum atomic E-state index is 0.316. The van der Waals surface area contributed by atoms with Gasteiger partial charge in [0.1, 0.15) is 5.75 Å². The molecular weight excluding hydrogens is 234 g/mol. The van der Waals surface area contributed by atoms with E-state index in [-0.39, 0.29) is 0 Å². The van der Waals surface area contributed by atoms with Crippen LogP contribution in [0.1, 0.15) is 30.5 Å². The van der Waals surface area contributed by atoms with Crippen LogP contribution in [0.3, 0.4) is 0 Å². The van der Waals surface area contributed by atoms with Crippen molar-refractivity contribution >= 4 is 0 Å². The molecule has 0 fully saturated rings. The highest BCUT2D eigenvalue weighted by atomic mass is 16.3. The molecule has 0 saturated carbocycles. The summed E-state index contributed by atoms with van der Waals surface area (Å²) in [5, 5.41) is 12.8. The SMILES string of the molecule is CC(NCCCc1ccccc1)c1ccc(O)cc1. The number of hydrogen-bond donors (Lipinski definition) is 2. The van der Waals surface area contributed by atoms with Crippen molar-refractivity contribution in [1.82, 2.24) is 5.32 Å². The van der Waals surface area contributed by atoms with Gasteiger partial charge in [0.15, 0.2) is 0 Å². The molecule has 2 N–H and O–H groups in total. The van der Waals surface area contributed by atoms with Crippen LogP contribution in [0.25, 0.3) is 0 Å². The Morgan fingerprint density at radius 2 is 1.68 bits per heavy atom. The molecule has 2 heteroatoms. The fraction of sp³-hybridized carbons (Fsp3) is 0.294. The van der Waals surface area contributed by atoms with Crippen molar-refractivity contribution in [2.24, 2.45) is 0 Å². The predicted octanol–water partition coefficient (Wildman–Crippen LogP) is 3.68. The van der Waals surface area contributed by atoms with Crippen molar-refractivity contribution in [2.45, 2.75) is 25.8 Å². The summed E-state index contributed by atoms with van der Waals surface area (Å²) in [6, 6.07) is 18.3. The van der Waals surface area contributed by atoms with E-state index in [0.717, 1.165) is 19.4 Å². The highest BCUT2D eigenvalue weighted by Gasteiger charge is 2.03. The zero-order chi connectivity index (χ0) is 13.5. The van der Waals surface area contributed by atoms with Gasteiger partial charge in [-0.2, -0.15) is 0 Å². The lowest BCUT2D eigenvalue weighted by Crippen LogP contribution is -2.20. The summed E-state index contributed by atoms with van der Waals surface area (Å²) >= 11 is 0. The monoisotopic (exact) mass is 255 g/mol. The molecule has 2 rings (SSSR count). The molecular formula is C17H21NO. The molecule has 0 heterocycles. The zero-order valence-corrected chi connectivity index (χ0v) is 11.3. The van der Waals surface area contributed by atoms with E-state index in [1.54, 1.807) is 12.1 Å². The molecule has 2 nitrogen and oxygen atoms in total. The molecule has 100 valence electrons. The van der Waals surface area contributed by atoms with Crippen LogP contribution in [0.2, 0.25) is 0 Å². The quantitative estimate of drug-likeness (QED) is 0.772. The molecule has 0 bridgehead atoms. The summed E-state index contributed by atoms with van der Waals surface area (Å²) in [5.74, 6) is 0.319. The third-order valence-electron chi connectivity index (χ3n) is 3.33. The third-order valence-corrected chi connectivity index (χ3v) is 3.33. The van der Waals surface area contributed by atoms with E-state index in [1.165, 1.54) is 11.1 Å². The number of aryl methyl sites for hydroxylation is 1. The molecule has 1 atom stereocenters. The van der Waals surface area contributed by atoms with E-state index < -0.39 is 0 Å². The smallest absolute Gasteiger partial charge is 0.115 e. The first-order valence-electron chi connectivity index (χ1n) is 6.82. The molecule has 0 aliphatic heterocycles. The molecule has 0 saturated heterocycles. The normalized spacial score (nSPS) is 12.3. The lowest BCUT2D eigenvalue weighted by atomic mass is 10.1. The molecule has 0 radical (unpaired) electrons. The van der Waals surface area contributed by atoms with Crippen LogP contribution in [0.15, 0.2) is 54.6 Å². The first-order chi connectivity index (χ1) is 9.25. The molecule has 1 unspecified atom stereocenters. The first kappa shape index (κ1) is 13.6. The number of nitrogens with one attached hydrogen (secondary N) is 1. The van der Waals surface area contributed by atoms with Crippen LogP contribution in [-0.4, -0.2) is 11.7 Å². The summed E-state index contributed by atoms with van der Waals surface area (Å²) in [4.78, 5) is 0. The Bertz CT molecular complexity index is 478. The zero-order valence-electron chi connectivity index (χ0n) is 11.3. The average Bonchev–Trinajstić information content (AvgIpc) is 2.45. The van der Waals surface area contributed by atoms with Crippen molar-refractivity contribution in [3.63, 3.8) is 0 Å². The molecule has 2 aromatic carbocycles. The van der Waals surface area contributed by atoms with E-state index in [1.807, 2.05) is 12.1 Å². The van der Waals surface area contributed by atoms with Crippen LogP contribution in [0, 0.1) is 0 Å². The molecule has 0 aliphatic rings. The molecule has 0 aromatic heterocycles. The Balaban J connectivity index is 1.72. The first-order valence-corrected chi connectivity index (χ1v) is 6.82. The minimum Gasteiger partial charge on any atom is -0.508 e. The van der Waals surface area contributed by atoms with Gasteiger partial charge in [0.25, 0.3) is 0 Å². The number of benzene rings is 2. The third kappa shape index (κ3) is 4.42. The molecule has 0 amide bonds. The fourth-order valence-electron chi connectivity index (χ4n) is 2.14. The lowest BCUT2D eigenvalue weighted by Gasteiger charge is -2.14. The topological polar surface area (TPSA) is 32.3 Å². The van der Waals surface area contributed by atoms with Gasteiger partial charge < -0.3 is 10.4 Å². The molecule has 19 heavy (non-hydrogen) atoms. The molecule has 0 spiro atoms. The molecule has 0 aliphatic carbocycles. The van der Waals surface area contributed by atoms with Crippen molar-refractivity contribution in [2.75, 3.05) is 6.54 Å². The van der Waals surface area contributed by atoms with E-state index in [2.05, 4.69) is 42.6 Å². The van der Waals surface area contributed by atoms with Gasteiger partial charge in [-0.1, -0.05) is 42.5 Å². The van der Waals surface area contributed by atoms with Gasteiger partial charge in [-0.15, -0.1) is 0 Å². The van der Waals surface area contributed by atoms with Crippen LogP contribution in [-0.2, 0) is 6.42 Å². The van der Waals surface area contributed by atoms with Crippen molar-refractivity contribution < 1.29 is 5.11 Å². The van der Waals surface area contributed by atoms with Gasteiger partial charge in [0.2, 0.25) is 0 Å². The summed E-state index contributed by atoms with van der Waals surface area (Å²) in [7, 11) is 0. The fourth-order valence-corrected chi connectivity index (χ4v) is 2.14. The highest BCUT2D eigenvalue weighted by Crippen LogP contribution is 2.16. The van der Waals surface area contributed by atoms with Crippen LogP contribution in [0.5, 0.6) is 5.75 Å². The Labute approximate surface area is 115 Å². The van der Waals surface area contributed by atoms with Gasteiger partial charge in [-0.05, 0) is 49.6 Å². The number of phenols is 1. The number of hydrogen-bond acceptors (Lipinski definition) is 2. The molecule has 2 aromatic rings. The van der Waals surface area contributed by atoms with Gasteiger partial charge in [-0.3, -0.25) is 0 Å². The average molecular weight is 255 g/mol. The van der Waals surface area contributed by atoms with Crippen molar-refractivity contribution in [1.29, 1.82) is 0 Å². The Hall–Kier alpha value is -1.80. The van der Waals surface area contributed by atoms with E-state index in [4.69, 9.17) is 0 Å². The largest absolute Gasteiger partial charge is 0.508 e. The van der Waals surface area contributed by atoms with Gasteiger partial charge >= 0.3 is 0 Å². The van der Waals surface area contributed by atoms with Crippen LogP contribution < -0.4 is 5.32 Å². The Morgan fingerprint density at radius 1 is 1.00 bits per heavy atom. The van der Waals surface area contributed by atoms with E-state index >= 15 is 0 Å². The van der Waals surface area contributed by atoms with E-state index in [9.17, 15) is 5.11 Å². The van der Waals surface area contributed by atoms with Gasteiger partial charge in [0.05, 0.1) is 0 Å². The maximum absolute atomic E-state index is 9.26.